The molecule has 0 aliphatic heterocycles. The van der Waals surface area contributed by atoms with Gasteiger partial charge in [0.15, 0.2) is 0 Å². The van der Waals surface area contributed by atoms with E-state index < -0.39 is 0 Å². The van der Waals surface area contributed by atoms with Crippen molar-refractivity contribution in [1.82, 2.24) is 5.32 Å². The fourth-order valence-corrected chi connectivity index (χ4v) is 2.13. The summed E-state index contributed by atoms with van der Waals surface area (Å²) in [5, 5.41) is 2.94. The average Bonchev–Trinajstić information content (AvgIpc) is 2.16. The van der Waals surface area contributed by atoms with Gasteiger partial charge in [-0.15, -0.1) is 0 Å². The van der Waals surface area contributed by atoms with Crippen molar-refractivity contribution in [3.05, 3.63) is 29.3 Å². The fraction of sp³-hybridized carbons (Fsp3) is 0.417. The Morgan fingerprint density at radius 2 is 2.19 bits per heavy atom. The molecule has 1 amide bonds. The van der Waals surface area contributed by atoms with Crippen LogP contribution in [0.25, 0.3) is 0 Å². The van der Waals surface area contributed by atoms with Crippen LogP contribution in [0.4, 0.5) is 5.69 Å². The van der Waals surface area contributed by atoms with Crippen LogP contribution in [0.3, 0.4) is 0 Å². The molecule has 16 heavy (non-hydrogen) atoms. The summed E-state index contributed by atoms with van der Waals surface area (Å²) in [7, 11) is 0. The maximum Gasteiger partial charge on any atom is 0.251 e. The zero-order valence-corrected chi connectivity index (χ0v) is 10.7. The molecule has 0 spiro atoms. The Hall–Kier alpha value is -1.16. The molecule has 0 saturated carbocycles. The molecule has 1 aromatic rings. The molecule has 1 unspecified atom stereocenters. The number of benzene rings is 1. The summed E-state index contributed by atoms with van der Waals surface area (Å²) in [5.41, 5.74) is 7.96. The van der Waals surface area contributed by atoms with Gasteiger partial charge in [0.05, 0.1) is 0 Å². The smallest absolute Gasteiger partial charge is 0.251 e. The van der Waals surface area contributed by atoms with Gasteiger partial charge in [-0.05, 0) is 43.9 Å². The van der Waals surface area contributed by atoms with Gasteiger partial charge in [-0.1, -0.05) is 0 Å². The van der Waals surface area contributed by atoms with Crippen LogP contribution in [-0.4, -0.2) is 24.0 Å². The fourth-order valence-electron chi connectivity index (χ4n) is 1.54. The summed E-state index contributed by atoms with van der Waals surface area (Å²) in [4.78, 5) is 11.9. The average molecular weight is 238 g/mol. The first-order valence-corrected chi connectivity index (χ1v) is 6.59. The van der Waals surface area contributed by atoms with E-state index in [9.17, 15) is 4.79 Å². The molecule has 1 aromatic carbocycles. The summed E-state index contributed by atoms with van der Waals surface area (Å²) in [6.07, 6.45) is 2.02. The number of rotatable bonds is 4. The SMILES string of the molecule is CSCC(C)NC(=O)c1cc(C)cc(N)c1. The number of hydrogen-bond acceptors (Lipinski definition) is 3. The van der Waals surface area contributed by atoms with E-state index in [4.69, 9.17) is 5.73 Å². The summed E-state index contributed by atoms with van der Waals surface area (Å²) in [6, 6.07) is 5.57. The van der Waals surface area contributed by atoms with E-state index in [1.54, 1.807) is 17.8 Å². The monoisotopic (exact) mass is 238 g/mol. The molecule has 0 fully saturated rings. The first-order chi connectivity index (χ1) is 7.52. The van der Waals surface area contributed by atoms with E-state index in [1.165, 1.54) is 0 Å². The largest absolute Gasteiger partial charge is 0.399 e. The Bertz CT molecular complexity index is 359. The molecular weight excluding hydrogens is 220 g/mol. The van der Waals surface area contributed by atoms with E-state index in [2.05, 4.69) is 5.32 Å². The van der Waals surface area contributed by atoms with E-state index in [1.807, 2.05) is 32.2 Å². The molecule has 88 valence electrons. The van der Waals surface area contributed by atoms with Crippen molar-refractivity contribution in [3.8, 4) is 0 Å². The van der Waals surface area contributed by atoms with Gasteiger partial charge in [0.25, 0.3) is 5.91 Å². The van der Waals surface area contributed by atoms with Crippen molar-refractivity contribution in [2.24, 2.45) is 0 Å². The number of carbonyl (C=O) groups is 1. The molecule has 0 radical (unpaired) electrons. The second kappa shape index (κ2) is 5.80. The van der Waals surface area contributed by atoms with Gasteiger partial charge in [-0.25, -0.2) is 0 Å². The predicted molar refractivity (Wildman–Crippen MR) is 70.9 cm³/mol. The van der Waals surface area contributed by atoms with Crippen molar-refractivity contribution in [2.75, 3.05) is 17.7 Å². The molecule has 0 aromatic heterocycles. The third kappa shape index (κ3) is 3.77. The van der Waals surface area contributed by atoms with Crippen LogP contribution >= 0.6 is 11.8 Å². The molecule has 0 bridgehead atoms. The lowest BCUT2D eigenvalue weighted by Crippen LogP contribution is -2.34. The molecule has 1 rings (SSSR count). The maximum atomic E-state index is 11.9. The van der Waals surface area contributed by atoms with Gasteiger partial charge in [-0.3, -0.25) is 4.79 Å². The number of nitrogens with two attached hydrogens (primary N) is 1. The number of thioether (sulfide) groups is 1. The summed E-state index contributed by atoms with van der Waals surface area (Å²) < 4.78 is 0. The highest BCUT2D eigenvalue weighted by atomic mass is 32.2. The van der Waals surface area contributed by atoms with Crippen LogP contribution in [0.5, 0.6) is 0 Å². The Kier molecular flexibility index (Phi) is 4.68. The Labute approximate surface area is 101 Å². The highest BCUT2D eigenvalue weighted by Gasteiger charge is 2.09. The van der Waals surface area contributed by atoms with Crippen molar-refractivity contribution in [2.45, 2.75) is 19.9 Å². The van der Waals surface area contributed by atoms with Crippen molar-refractivity contribution < 1.29 is 4.79 Å². The molecular formula is C12H18N2OS. The van der Waals surface area contributed by atoms with E-state index in [0.717, 1.165) is 11.3 Å². The summed E-state index contributed by atoms with van der Waals surface area (Å²) in [5.74, 6) is 0.851. The van der Waals surface area contributed by atoms with Crippen molar-refractivity contribution in [3.63, 3.8) is 0 Å². The van der Waals surface area contributed by atoms with E-state index >= 15 is 0 Å². The number of carbonyl (C=O) groups excluding carboxylic acids is 1. The summed E-state index contributed by atoms with van der Waals surface area (Å²) in [6.45, 7) is 3.92. The second-order valence-electron chi connectivity index (χ2n) is 3.96. The third-order valence-electron chi connectivity index (χ3n) is 2.16. The van der Waals surface area contributed by atoms with Crippen LogP contribution in [0.2, 0.25) is 0 Å². The Morgan fingerprint density at radius 3 is 2.75 bits per heavy atom. The Balaban J connectivity index is 2.72. The van der Waals surface area contributed by atoms with Crippen molar-refractivity contribution in [1.29, 1.82) is 0 Å². The number of nitrogen functional groups attached to an aromatic ring is 1. The van der Waals surface area contributed by atoms with Gasteiger partial charge < -0.3 is 11.1 Å². The van der Waals surface area contributed by atoms with Gasteiger partial charge in [-0.2, -0.15) is 11.8 Å². The second-order valence-corrected chi connectivity index (χ2v) is 4.87. The normalized spacial score (nSPS) is 12.2. The number of amides is 1. The highest BCUT2D eigenvalue weighted by Crippen LogP contribution is 2.11. The van der Waals surface area contributed by atoms with Crippen LogP contribution in [-0.2, 0) is 0 Å². The van der Waals surface area contributed by atoms with Gasteiger partial charge in [0, 0.05) is 23.0 Å². The van der Waals surface area contributed by atoms with Crippen LogP contribution in [0.15, 0.2) is 18.2 Å². The Morgan fingerprint density at radius 1 is 1.50 bits per heavy atom. The lowest BCUT2D eigenvalue weighted by atomic mass is 10.1. The molecule has 4 heteroatoms. The van der Waals surface area contributed by atoms with Crippen LogP contribution in [0.1, 0.15) is 22.8 Å². The molecule has 0 heterocycles. The van der Waals surface area contributed by atoms with Crippen LogP contribution < -0.4 is 11.1 Å². The number of nitrogens with one attached hydrogen (secondary N) is 1. The minimum Gasteiger partial charge on any atom is -0.399 e. The lowest BCUT2D eigenvalue weighted by Gasteiger charge is -2.13. The number of aryl methyl sites for hydroxylation is 1. The van der Waals surface area contributed by atoms with Gasteiger partial charge in [0.2, 0.25) is 0 Å². The predicted octanol–water partition coefficient (Wildman–Crippen LogP) is 2.06. The first kappa shape index (κ1) is 12.9. The first-order valence-electron chi connectivity index (χ1n) is 5.20. The summed E-state index contributed by atoms with van der Waals surface area (Å²) >= 11 is 1.71. The van der Waals surface area contributed by atoms with Crippen molar-refractivity contribution >= 4 is 23.4 Å². The molecule has 0 saturated heterocycles. The zero-order chi connectivity index (χ0) is 12.1. The molecule has 3 nitrogen and oxygen atoms in total. The lowest BCUT2D eigenvalue weighted by molar-refractivity contribution is 0.0943. The topological polar surface area (TPSA) is 55.1 Å². The molecule has 3 N–H and O–H groups in total. The quantitative estimate of drug-likeness (QED) is 0.789. The molecule has 0 aliphatic rings. The number of anilines is 1. The maximum absolute atomic E-state index is 11.9. The van der Waals surface area contributed by atoms with Gasteiger partial charge >= 0.3 is 0 Å². The van der Waals surface area contributed by atoms with Gasteiger partial charge in [0.1, 0.15) is 0 Å². The number of hydrogen-bond donors (Lipinski definition) is 2. The highest BCUT2D eigenvalue weighted by molar-refractivity contribution is 7.98. The minimum absolute atomic E-state index is 0.0584. The molecule has 0 aliphatic carbocycles. The minimum atomic E-state index is -0.0584. The standard InChI is InChI=1S/C12H18N2OS/c1-8-4-10(6-11(13)5-8)12(15)14-9(2)7-16-3/h4-6,9H,7,13H2,1-3H3,(H,14,15). The van der Waals surface area contributed by atoms with E-state index in [-0.39, 0.29) is 11.9 Å². The third-order valence-corrected chi connectivity index (χ3v) is 2.99. The zero-order valence-electron chi connectivity index (χ0n) is 9.91. The van der Waals surface area contributed by atoms with E-state index in [0.29, 0.717) is 11.3 Å². The van der Waals surface area contributed by atoms with Crippen LogP contribution in [0, 0.1) is 6.92 Å². The molecule has 1 atom stereocenters.